The first-order valence-electron chi connectivity index (χ1n) is 6.41. The van der Waals surface area contributed by atoms with Crippen LogP contribution in [0.4, 0.5) is 11.5 Å². The Bertz CT molecular complexity index is 899. The number of anilines is 2. The van der Waals surface area contributed by atoms with Gasteiger partial charge < -0.3 is 4.90 Å². The van der Waals surface area contributed by atoms with Crippen LogP contribution < -0.4 is 4.90 Å². The molecule has 0 fully saturated rings. The zero-order chi connectivity index (χ0) is 14.2. The number of para-hydroxylation sites is 1. The van der Waals surface area contributed by atoms with Crippen molar-refractivity contribution in [2.75, 3.05) is 11.4 Å². The maximum Gasteiger partial charge on any atom is 0.248 e. The van der Waals surface area contributed by atoms with Crippen LogP contribution in [0.3, 0.4) is 0 Å². The van der Waals surface area contributed by atoms with Gasteiger partial charge >= 0.3 is 0 Å². The summed E-state index contributed by atoms with van der Waals surface area (Å²) >= 11 is 0. The highest BCUT2D eigenvalue weighted by atomic mass is 16.6. The van der Waals surface area contributed by atoms with Gasteiger partial charge in [-0.2, -0.15) is 4.52 Å². The van der Waals surface area contributed by atoms with E-state index in [2.05, 4.69) is 30.8 Å². The fourth-order valence-corrected chi connectivity index (χ4v) is 2.25. The topological polar surface area (TPSA) is 98.1 Å². The predicted octanol–water partition coefficient (Wildman–Crippen LogP) is 1.21. The molecule has 0 saturated carbocycles. The zero-order valence-corrected chi connectivity index (χ0v) is 11.1. The van der Waals surface area contributed by atoms with Crippen LogP contribution in [-0.2, 0) is 0 Å². The lowest BCUT2D eigenvalue weighted by Crippen LogP contribution is -2.18. The van der Waals surface area contributed by atoms with E-state index < -0.39 is 0 Å². The van der Waals surface area contributed by atoms with E-state index in [9.17, 15) is 0 Å². The monoisotopic (exact) mass is 282 g/mol. The van der Waals surface area contributed by atoms with Crippen LogP contribution in [0, 0.1) is 0 Å². The Morgan fingerprint density at radius 1 is 1.14 bits per heavy atom. The van der Waals surface area contributed by atoms with Gasteiger partial charge in [0.2, 0.25) is 16.9 Å². The van der Waals surface area contributed by atoms with Gasteiger partial charge in [-0.3, -0.25) is 0 Å². The van der Waals surface area contributed by atoms with Crippen LogP contribution in [0.15, 0.2) is 35.0 Å². The second kappa shape index (κ2) is 4.47. The Hall–Kier alpha value is -3.10. The maximum atomic E-state index is 4.72. The Kier molecular flexibility index (Phi) is 2.49. The van der Waals surface area contributed by atoms with Gasteiger partial charge in [-0.05, 0) is 39.8 Å². The first-order chi connectivity index (χ1) is 10.4. The number of aromatic nitrogens is 7. The molecule has 3 heterocycles. The van der Waals surface area contributed by atoms with Gasteiger partial charge in [0.05, 0.1) is 0 Å². The molecule has 0 amide bonds. The highest BCUT2D eigenvalue weighted by Gasteiger charge is 2.20. The molecule has 4 aromatic rings. The normalized spacial score (nSPS) is 11.3. The molecule has 0 atom stereocenters. The lowest BCUT2D eigenvalue weighted by molar-refractivity contribution is 0.313. The minimum Gasteiger partial charge on any atom is -0.323 e. The van der Waals surface area contributed by atoms with Gasteiger partial charge in [-0.15, -0.1) is 5.10 Å². The highest BCUT2D eigenvalue weighted by molar-refractivity contribution is 5.79. The molecule has 4 rings (SSSR count). The van der Waals surface area contributed by atoms with Crippen molar-refractivity contribution in [1.29, 1.82) is 0 Å². The lowest BCUT2D eigenvalue weighted by atomic mass is 10.3. The molecule has 3 aromatic heterocycles. The van der Waals surface area contributed by atoms with Gasteiger partial charge in [0.25, 0.3) is 0 Å². The second-order valence-electron chi connectivity index (χ2n) is 4.34. The van der Waals surface area contributed by atoms with Crippen LogP contribution in [0.1, 0.15) is 6.92 Å². The number of tetrazole rings is 1. The summed E-state index contributed by atoms with van der Waals surface area (Å²) in [4.78, 5) is 6.48. The fraction of sp³-hybridized carbons (Fsp3) is 0.167. The minimum absolute atomic E-state index is 0.360. The van der Waals surface area contributed by atoms with Crippen molar-refractivity contribution in [3.05, 3.63) is 30.3 Å². The van der Waals surface area contributed by atoms with Gasteiger partial charge in [-0.25, -0.2) is 9.61 Å². The summed E-state index contributed by atoms with van der Waals surface area (Å²) in [6, 6.07) is 9.89. The van der Waals surface area contributed by atoms with Crippen LogP contribution in [0.2, 0.25) is 0 Å². The molecule has 1 aromatic carbocycles. The largest absolute Gasteiger partial charge is 0.323 e. The average Bonchev–Trinajstić information content (AvgIpc) is 3.17. The summed E-state index contributed by atoms with van der Waals surface area (Å²) in [5.41, 5.74) is 2.25. The van der Waals surface area contributed by atoms with E-state index in [0.717, 1.165) is 5.69 Å². The summed E-state index contributed by atoms with van der Waals surface area (Å²) in [7, 11) is 0. The van der Waals surface area contributed by atoms with Crippen LogP contribution in [0.25, 0.3) is 16.9 Å². The summed E-state index contributed by atoms with van der Waals surface area (Å²) in [6.07, 6.45) is 0. The molecule has 0 aliphatic carbocycles. The Labute approximate surface area is 118 Å². The van der Waals surface area contributed by atoms with Crippen LogP contribution in [0.5, 0.6) is 0 Å². The summed E-state index contributed by atoms with van der Waals surface area (Å²) in [5.74, 6) is 0.608. The Balaban J connectivity index is 2.00. The van der Waals surface area contributed by atoms with Gasteiger partial charge in [0.15, 0.2) is 5.82 Å². The third-order valence-electron chi connectivity index (χ3n) is 3.18. The Morgan fingerprint density at radius 2 is 2.00 bits per heavy atom. The molecular weight excluding hydrogens is 272 g/mol. The van der Waals surface area contributed by atoms with Crippen molar-refractivity contribution >= 4 is 28.4 Å². The average molecular weight is 282 g/mol. The van der Waals surface area contributed by atoms with Crippen molar-refractivity contribution in [1.82, 2.24) is 35.3 Å². The molecule has 104 valence electrons. The van der Waals surface area contributed by atoms with E-state index in [4.69, 9.17) is 4.63 Å². The van der Waals surface area contributed by atoms with Gasteiger partial charge in [0, 0.05) is 12.2 Å². The predicted molar refractivity (Wildman–Crippen MR) is 73.1 cm³/mol. The molecule has 0 N–H and O–H groups in total. The quantitative estimate of drug-likeness (QED) is 0.553. The summed E-state index contributed by atoms with van der Waals surface area (Å²) < 4.78 is 6.19. The molecule has 9 nitrogen and oxygen atoms in total. The standard InChI is InChI=1S/C12H10N8O/c1-2-19(8-6-4-3-5-7-8)11-12-14-17-18-20(12)10-9(13-11)15-21-16-10/h3-7H,2H2,1H3. The SMILES string of the molecule is CCN(c1ccccc1)c1nc2nonc2n2nnnc12. The van der Waals surface area contributed by atoms with E-state index in [1.54, 1.807) is 0 Å². The second-order valence-corrected chi connectivity index (χ2v) is 4.34. The number of rotatable bonds is 3. The van der Waals surface area contributed by atoms with Crippen molar-refractivity contribution in [2.45, 2.75) is 6.92 Å². The molecule has 0 bridgehead atoms. The van der Waals surface area contributed by atoms with E-state index in [0.29, 0.717) is 29.3 Å². The van der Waals surface area contributed by atoms with Gasteiger partial charge in [-0.1, -0.05) is 18.2 Å². The maximum absolute atomic E-state index is 4.72. The third-order valence-corrected chi connectivity index (χ3v) is 3.18. The first kappa shape index (κ1) is 11.7. The highest BCUT2D eigenvalue weighted by Crippen LogP contribution is 2.27. The lowest BCUT2D eigenvalue weighted by Gasteiger charge is -2.21. The van der Waals surface area contributed by atoms with Crippen molar-refractivity contribution in [2.24, 2.45) is 0 Å². The van der Waals surface area contributed by atoms with Crippen LogP contribution in [-0.4, -0.2) is 41.9 Å². The smallest absolute Gasteiger partial charge is 0.248 e. The first-order valence-corrected chi connectivity index (χ1v) is 6.41. The molecule has 0 radical (unpaired) electrons. The molecular formula is C12H10N8O. The third kappa shape index (κ3) is 1.71. The van der Waals surface area contributed by atoms with E-state index in [1.165, 1.54) is 4.52 Å². The molecule has 0 unspecified atom stereocenters. The Morgan fingerprint density at radius 3 is 2.81 bits per heavy atom. The number of benzene rings is 1. The molecule has 0 saturated heterocycles. The van der Waals surface area contributed by atoms with Crippen LogP contribution >= 0.6 is 0 Å². The summed E-state index contributed by atoms with van der Waals surface area (Å²) in [5, 5.41) is 19.2. The minimum atomic E-state index is 0.360. The zero-order valence-electron chi connectivity index (χ0n) is 11.1. The fourth-order valence-electron chi connectivity index (χ4n) is 2.25. The van der Waals surface area contributed by atoms with Crippen molar-refractivity contribution in [3.8, 4) is 0 Å². The summed E-state index contributed by atoms with van der Waals surface area (Å²) in [6.45, 7) is 2.73. The molecule has 9 heteroatoms. The molecule has 21 heavy (non-hydrogen) atoms. The molecule has 0 aliphatic heterocycles. The molecule has 0 spiro atoms. The van der Waals surface area contributed by atoms with Gasteiger partial charge in [0.1, 0.15) is 0 Å². The number of nitrogens with zero attached hydrogens (tertiary/aromatic N) is 8. The van der Waals surface area contributed by atoms with Crippen molar-refractivity contribution in [3.63, 3.8) is 0 Å². The number of hydrogen-bond acceptors (Lipinski definition) is 8. The molecule has 0 aliphatic rings. The number of fused-ring (bicyclic) bond motifs is 3. The van der Waals surface area contributed by atoms with Crippen molar-refractivity contribution < 1.29 is 4.63 Å². The number of hydrogen-bond donors (Lipinski definition) is 0. The van der Waals surface area contributed by atoms with E-state index in [-0.39, 0.29) is 0 Å². The van der Waals surface area contributed by atoms with E-state index in [1.807, 2.05) is 42.2 Å². The van der Waals surface area contributed by atoms with E-state index >= 15 is 0 Å².